The lowest BCUT2D eigenvalue weighted by Gasteiger charge is -2.10. The van der Waals surface area contributed by atoms with E-state index in [9.17, 15) is 0 Å². The molecular formula is C51H30N4OS. The molecule has 0 saturated heterocycles. The zero-order valence-corrected chi connectivity index (χ0v) is 31.2. The molecule has 0 saturated carbocycles. The highest BCUT2D eigenvalue weighted by Crippen LogP contribution is 2.41. The highest BCUT2D eigenvalue weighted by atomic mass is 32.1. The fourth-order valence-electron chi connectivity index (χ4n) is 8.40. The molecule has 0 spiro atoms. The molecule has 4 aromatic heterocycles. The monoisotopic (exact) mass is 746 g/mol. The molecule has 57 heavy (non-hydrogen) atoms. The van der Waals surface area contributed by atoms with E-state index in [1.54, 1.807) is 0 Å². The standard InChI is InChI=1S/C51H30N4OS/c1-3-12-31(13-4-1)49-52-50(54-51(53-49)39-18-11-20-43-48(39)38-17-7-9-19-42(38)55(43)35-14-5-2-6-15-35)34-22-25-36-40-28-32(23-26-44(40)56-45(36)30-34)33-24-27-47-41(29-33)37-16-8-10-21-46(37)57-47/h1-30H. The third-order valence-electron chi connectivity index (χ3n) is 11.1. The average molecular weight is 747 g/mol. The molecule has 0 N–H and O–H groups in total. The molecule has 0 amide bonds. The summed E-state index contributed by atoms with van der Waals surface area (Å²) in [6, 6.07) is 63.8. The Morgan fingerprint density at radius 2 is 1.04 bits per heavy atom. The molecule has 0 fully saturated rings. The normalized spacial score (nSPS) is 11.9. The predicted molar refractivity (Wildman–Crippen MR) is 236 cm³/mol. The van der Waals surface area contributed by atoms with Gasteiger partial charge in [-0.3, -0.25) is 0 Å². The summed E-state index contributed by atoms with van der Waals surface area (Å²) < 4.78 is 11.5. The van der Waals surface area contributed by atoms with Gasteiger partial charge < -0.3 is 8.98 Å². The van der Waals surface area contributed by atoms with Gasteiger partial charge in [0.2, 0.25) is 0 Å². The van der Waals surface area contributed by atoms with Crippen molar-refractivity contribution < 1.29 is 4.42 Å². The van der Waals surface area contributed by atoms with Crippen LogP contribution < -0.4 is 0 Å². The summed E-state index contributed by atoms with van der Waals surface area (Å²) >= 11 is 1.84. The lowest BCUT2D eigenvalue weighted by molar-refractivity contribution is 0.669. The maximum absolute atomic E-state index is 6.53. The van der Waals surface area contributed by atoms with Gasteiger partial charge in [0.05, 0.1) is 11.0 Å². The predicted octanol–water partition coefficient (Wildman–Crippen LogP) is 13.9. The number of thiophene rings is 1. The van der Waals surface area contributed by atoms with Gasteiger partial charge in [0.25, 0.3) is 0 Å². The van der Waals surface area contributed by atoms with Crippen LogP contribution in [0.25, 0.3) is 115 Å². The third-order valence-corrected chi connectivity index (χ3v) is 12.2. The number of hydrogen-bond donors (Lipinski definition) is 0. The van der Waals surface area contributed by atoms with Crippen LogP contribution in [-0.2, 0) is 0 Å². The first-order chi connectivity index (χ1) is 28.2. The van der Waals surface area contributed by atoms with E-state index in [2.05, 4.69) is 150 Å². The van der Waals surface area contributed by atoms with E-state index in [-0.39, 0.29) is 0 Å². The van der Waals surface area contributed by atoms with Gasteiger partial charge in [-0.2, -0.15) is 0 Å². The number of furan rings is 1. The Morgan fingerprint density at radius 1 is 0.386 bits per heavy atom. The van der Waals surface area contributed by atoms with Crippen LogP contribution in [0.15, 0.2) is 186 Å². The SMILES string of the molecule is c1ccc(-c2nc(-c3ccc4c(c3)oc3ccc(-c5ccc6sc7ccccc7c6c5)cc34)nc(-c3cccc4c3c3ccccc3n4-c3ccccc3)n2)cc1. The molecule has 12 rings (SSSR count). The number of benzene rings is 8. The van der Waals surface area contributed by atoms with Crippen LogP contribution in [0, 0.1) is 0 Å². The van der Waals surface area contributed by atoms with E-state index >= 15 is 0 Å². The van der Waals surface area contributed by atoms with Crippen molar-refractivity contribution >= 4 is 75.3 Å². The van der Waals surface area contributed by atoms with E-state index in [4.69, 9.17) is 19.4 Å². The Bertz CT molecular complexity index is 3530. The van der Waals surface area contributed by atoms with E-state index in [1.807, 2.05) is 47.7 Å². The molecule has 5 nitrogen and oxygen atoms in total. The van der Waals surface area contributed by atoms with Gasteiger partial charge >= 0.3 is 0 Å². The summed E-state index contributed by atoms with van der Waals surface area (Å²) in [5.74, 6) is 1.82. The van der Waals surface area contributed by atoms with Gasteiger partial charge in [0, 0.05) is 64.1 Å². The van der Waals surface area contributed by atoms with Crippen LogP contribution in [0.5, 0.6) is 0 Å². The Hall–Kier alpha value is -7.41. The van der Waals surface area contributed by atoms with Crippen molar-refractivity contribution in [2.45, 2.75) is 0 Å². The van der Waals surface area contributed by atoms with Crippen LogP contribution in [-0.4, -0.2) is 19.5 Å². The molecule has 0 unspecified atom stereocenters. The van der Waals surface area contributed by atoms with E-state index in [0.29, 0.717) is 17.5 Å². The Kier molecular flexibility index (Phi) is 7.03. The second kappa shape index (κ2) is 12.6. The number of rotatable bonds is 5. The first-order valence-corrected chi connectivity index (χ1v) is 19.8. The maximum atomic E-state index is 6.53. The molecule has 12 aromatic rings. The molecule has 0 aliphatic carbocycles. The topological polar surface area (TPSA) is 56.7 Å². The molecular weight excluding hydrogens is 717 g/mol. The molecule has 0 atom stereocenters. The zero-order chi connectivity index (χ0) is 37.5. The van der Waals surface area contributed by atoms with Crippen molar-refractivity contribution in [1.82, 2.24) is 19.5 Å². The first-order valence-electron chi connectivity index (χ1n) is 19.0. The van der Waals surface area contributed by atoms with Crippen LogP contribution in [0.1, 0.15) is 0 Å². The van der Waals surface area contributed by atoms with Crippen molar-refractivity contribution in [3.63, 3.8) is 0 Å². The summed E-state index contributed by atoms with van der Waals surface area (Å²) in [5.41, 5.74) is 10.0. The van der Waals surface area contributed by atoms with Gasteiger partial charge in [0.15, 0.2) is 17.5 Å². The number of para-hydroxylation sites is 2. The first kappa shape index (κ1) is 31.9. The zero-order valence-electron chi connectivity index (χ0n) is 30.4. The summed E-state index contributed by atoms with van der Waals surface area (Å²) in [4.78, 5) is 15.5. The second-order valence-electron chi connectivity index (χ2n) is 14.4. The quantitative estimate of drug-likeness (QED) is 0.176. The van der Waals surface area contributed by atoms with Gasteiger partial charge in [-0.15, -0.1) is 11.3 Å². The lowest BCUT2D eigenvalue weighted by Crippen LogP contribution is -2.00. The van der Waals surface area contributed by atoms with Crippen molar-refractivity contribution in [3.05, 3.63) is 182 Å². The minimum Gasteiger partial charge on any atom is -0.456 e. The number of hydrogen-bond acceptors (Lipinski definition) is 5. The maximum Gasteiger partial charge on any atom is 0.164 e. The largest absolute Gasteiger partial charge is 0.456 e. The highest BCUT2D eigenvalue weighted by molar-refractivity contribution is 7.25. The Balaban J connectivity index is 1.01. The number of fused-ring (bicyclic) bond motifs is 9. The van der Waals surface area contributed by atoms with Gasteiger partial charge in [-0.25, -0.2) is 15.0 Å². The van der Waals surface area contributed by atoms with Crippen LogP contribution in [0.2, 0.25) is 0 Å². The van der Waals surface area contributed by atoms with Gasteiger partial charge in [-0.05, 0) is 77.9 Å². The molecule has 0 radical (unpaired) electrons. The van der Waals surface area contributed by atoms with Crippen molar-refractivity contribution in [2.24, 2.45) is 0 Å². The minimum absolute atomic E-state index is 0.585. The van der Waals surface area contributed by atoms with Crippen molar-refractivity contribution in [3.8, 4) is 51.0 Å². The smallest absolute Gasteiger partial charge is 0.164 e. The van der Waals surface area contributed by atoms with Crippen LogP contribution in [0.4, 0.5) is 0 Å². The van der Waals surface area contributed by atoms with E-state index in [0.717, 1.165) is 71.7 Å². The third kappa shape index (κ3) is 5.12. The molecule has 6 heteroatoms. The minimum atomic E-state index is 0.585. The molecule has 0 aliphatic rings. The van der Waals surface area contributed by atoms with E-state index in [1.165, 1.54) is 25.7 Å². The summed E-state index contributed by atoms with van der Waals surface area (Å²) in [6.07, 6.45) is 0. The Labute approximate surface area is 330 Å². The number of nitrogens with zero attached hydrogens (tertiary/aromatic N) is 4. The number of aromatic nitrogens is 4. The summed E-state index contributed by atoms with van der Waals surface area (Å²) in [5, 5.41) is 6.96. The lowest BCUT2D eigenvalue weighted by atomic mass is 10.0. The average Bonchev–Trinajstić information content (AvgIpc) is 3.95. The molecule has 4 heterocycles. The van der Waals surface area contributed by atoms with E-state index < -0.39 is 0 Å². The van der Waals surface area contributed by atoms with Crippen molar-refractivity contribution in [2.75, 3.05) is 0 Å². The van der Waals surface area contributed by atoms with Crippen LogP contribution >= 0.6 is 11.3 Å². The summed E-state index contributed by atoms with van der Waals surface area (Å²) in [6.45, 7) is 0. The van der Waals surface area contributed by atoms with Crippen molar-refractivity contribution in [1.29, 1.82) is 0 Å². The Morgan fingerprint density at radius 3 is 1.89 bits per heavy atom. The van der Waals surface area contributed by atoms with Crippen LogP contribution in [0.3, 0.4) is 0 Å². The van der Waals surface area contributed by atoms with Gasteiger partial charge in [-0.1, -0.05) is 115 Å². The fourth-order valence-corrected chi connectivity index (χ4v) is 9.49. The molecule has 0 bridgehead atoms. The molecule has 0 aliphatic heterocycles. The molecule has 8 aromatic carbocycles. The highest BCUT2D eigenvalue weighted by Gasteiger charge is 2.20. The fraction of sp³-hybridized carbons (Fsp3) is 0. The molecule has 266 valence electrons. The summed E-state index contributed by atoms with van der Waals surface area (Å²) in [7, 11) is 0. The van der Waals surface area contributed by atoms with Gasteiger partial charge in [0.1, 0.15) is 11.2 Å². The second-order valence-corrected chi connectivity index (χ2v) is 15.5.